The Kier molecular flexibility index (Phi) is 2.98. The number of hydrogen-bond acceptors (Lipinski definition) is 3. The topological polar surface area (TPSA) is 44.9 Å². The van der Waals surface area contributed by atoms with Crippen LogP contribution in [0.1, 0.15) is 18.1 Å². The Labute approximate surface area is 119 Å². The summed E-state index contributed by atoms with van der Waals surface area (Å²) in [6, 6.07) is 6.50. The lowest BCUT2D eigenvalue weighted by atomic mass is 9.90. The van der Waals surface area contributed by atoms with Gasteiger partial charge in [-0.1, -0.05) is 6.92 Å². The number of benzene rings is 1. The fourth-order valence-electron chi connectivity index (χ4n) is 3.05. The quantitative estimate of drug-likeness (QED) is 0.797. The second-order valence-corrected chi connectivity index (χ2v) is 5.73. The van der Waals surface area contributed by atoms with E-state index in [-0.39, 0.29) is 0 Å². The lowest BCUT2D eigenvalue weighted by molar-refractivity contribution is 0.552. The summed E-state index contributed by atoms with van der Waals surface area (Å²) in [5, 5.41) is 13.6. The van der Waals surface area contributed by atoms with Gasteiger partial charge in [0.1, 0.15) is 0 Å². The highest BCUT2D eigenvalue weighted by Crippen LogP contribution is 2.35. The van der Waals surface area contributed by atoms with Gasteiger partial charge in [-0.15, -0.1) is 0 Å². The van der Waals surface area contributed by atoms with Crippen molar-refractivity contribution in [1.29, 1.82) is 5.26 Å². The van der Waals surface area contributed by atoms with Crippen molar-refractivity contribution < 1.29 is 0 Å². The van der Waals surface area contributed by atoms with E-state index in [1.165, 1.54) is 11.3 Å². The summed E-state index contributed by atoms with van der Waals surface area (Å²) < 4.78 is 1.77. The minimum absolute atomic E-state index is 0.641. The zero-order valence-corrected chi connectivity index (χ0v) is 12.1. The Bertz CT molecular complexity index is 693. The van der Waals surface area contributed by atoms with Crippen LogP contribution in [0.3, 0.4) is 0 Å². The van der Waals surface area contributed by atoms with Crippen LogP contribution < -0.4 is 4.90 Å². The number of fused-ring (bicyclic) bond motifs is 1. The molecule has 0 amide bonds. The molecule has 2 aromatic rings. The van der Waals surface area contributed by atoms with E-state index in [0.717, 1.165) is 29.7 Å². The van der Waals surface area contributed by atoms with E-state index in [2.05, 4.69) is 36.1 Å². The van der Waals surface area contributed by atoms with Crippen molar-refractivity contribution in [3.63, 3.8) is 0 Å². The van der Waals surface area contributed by atoms with Crippen LogP contribution in [0, 0.1) is 17.2 Å². The standard InChI is InChI=1S/C16H18N4/c1-11-4-12-5-15(14-8-18-20(3)10-14)13(7-17)6-16(12)19(2)9-11/h5-6,8,10-11H,4,9H2,1-3H3. The summed E-state index contributed by atoms with van der Waals surface area (Å²) in [6.07, 6.45) is 4.84. The Morgan fingerprint density at radius 2 is 2.15 bits per heavy atom. The largest absolute Gasteiger partial charge is 0.374 e. The molecular formula is C16H18N4. The van der Waals surface area contributed by atoms with Gasteiger partial charge in [-0.3, -0.25) is 4.68 Å². The predicted molar refractivity (Wildman–Crippen MR) is 79.5 cm³/mol. The molecule has 0 spiro atoms. The predicted octanol–water partition coefficient (Wildman–Crippen LogP) is 2.59. The summed E-state index contributed by atoms with van der Waals surface area (Å²) in [5.74, 6) is 0.641. The van der Waals surface area contributed by atoms with Crippen molar-refractivity contribution in [3.05, 3.63) is 35.7 Å². The Morgan fingerprint density at radius 1 is 1.35 bits per heavy atom. The summed E-state index contributed by atoms with van der Waals surface area (Å²) in [5.41, 5.74) is 5.23. The molecule has 1 aliphatic heterocycles. The van der Waals surface area contributed by atoms with E-state index in [4.69, 9.17) is 0 Å². The number of nitriles is 1. The highest BCUT2D eigenvalue weighted by atomic mass is 15.2. The van der Waals surface area contributed by atoms with Gasteiger partial charge in [-0.2, -0.15) is 10.4 Å². The number of anilines is 1. The first-order chi connectivity index (χ1) is 9.58. The Morgan fingerprint density at radius 3 is 2.80 bits per heavy atom. The minimum Gasteiger partial charge on any atom is -0.374 e. The molecule has 0 saturated heterocycles. The molecule has 1 atom stereocenters. The third-order valence-corrected chi connectivity index (χ3v) is 3.92. The van der Waals surface area contributed by atoms with Crippen LogP contribution in [0.25, 0.3) is 11.1 Å². The van der Waals surface area contributed by atoms with Crippen LogP contribution in [-0.4, -0.2) is 23.4 Å². The van der Waals surface area contributed by atoms with Crippen molar-refractivity contribution in [2.45, 2.75) is 13.3 Å². The molecule has 1 aliphatic rings. The Hall–Kier alpha value is -2.28. The zero-order chi connectivity index (χ0) is 14.3. The molecular weight excluding hydrogens is 248 g/mol. The molecule has 4 nitrogen and oxygen atoms in total. The maximum absolute atomic E-state index is 9.43. The molecule has 1 aromatic heterocycles. The van der Waals surface area contributed by atoms with E-state index in [1.54, 1.807) is 4.68 Å². The van der Waals surface area contributed by atoms with E-state index in [1.807, 2.05) is 25.5 Å². The van der Waals surface area contributed by atoms with Gasteiger partial charge < -0.3 is 4.90 Å². The molecule has 20 heavy (non-hydrogen) atoms. The molecule has 0 bridgehead atoms. The van der Waals surface area contributed by atoms with Gasteiger partial charge in [0.15, 0.2) is 0 Å². The van der Waals surface area contributed by atoms with Gasteiger partial charge in [-0.25, -0.2) is 0 Å². The number of aryl methyl sites for hydroxylation is 1. The summed E-state index contributed by atoms with van der Waals surface area (Å²) >= 11 is 0. The Balaban J connectivity index is 2.16. The fourth-order valence-corrected chi connectivity index (χ4v) is 3.05. The van der Waals surface area contributed by atoms with Gasteiger partial charge in [0.25, 0.3) is 0 Å². The van der Waals surface area contributed by atoms with E-state index >= 15 is 0 Å². The summed E-state index contributed by atoms with van der Waals surface area (Å²) in [6.45, 7) is 3.31. The molecule has 4 heteroatoms. The van der Waals surface area contributed by atoms with Gasteiger partial charge in [-0.05, 0) is 30.0 Å². The number of nitrogens with zero attached hydrogens (tertiary/aromatic N) is 4. The first-order valence-corrected chi connectivity index (χ1v) is 6.85. The van der Waals surface area contributed by atoms with Crippen LogP contribution in [0.4, 0.5) is 5.69 Å². The SMILES string of the molecule is CC1Cc2cc(-c3cnn(C)c3)c(C#N)cc2N(C)C1. The molecule has 0 N–H and O–H groups in total. The zero-order valence-electron chi connectivity index (χ0n) is 12.1. The van der Waals surface area contributed by atoms with E-state index in [9.17, 15) is 5.26 Å². The molecule has 102 valence electrons. The summed E-state index contributed by atoms with van der Waals surface area (Å²) in [4.78, 5) is 2.25. The molecule has 1 unspecified atom stereocenters. The normalized spacial score (nSPS) is 17.7. The van der Waals surface area contributed by atoms with Crippen molar-refractivity contribution in [2.75, 3.05) is 18.5 Å². The number of hydrogen-bond donors (Lipinski definition) is 0. The highest BCUT2D eigenvalue weighted by molar-refractivity contribution is 5.75. The number of aromatic nitrogens is 2. The summed E-state index contributed by atoms with van der Waals surface area (Å²) in [7, 11) is 3.99. The molecule has 0 fully saturated rings. The van der Waals surface area contributed by atoms with Crippen molar-refractivity contribution >= 4 is 5.69 Å². The molecule has 1 aromatic carbocycles. The molecule has 2 heterocycles. The lowest BCUT2D eigenvalue weighted by Crippen LogP contribution is -2.30. The number of rotatable bonds is 1. The monoisotopic (exact) mass is 266 g/mol. The molecule has 0 radical (unpaired) electrons. The second kappa shape index (κ2) is 4.68. The third-order valence-electron chi connectivity index (χ3n) is 3.92. The first-order valence-electron chi connectivity index (χ1n) is 6.85. The smallest absolute Gasteiger partial charge is 0.0998 e. The maximum Gasteiger partial charge on any atom is 0.0998 e. The van der Waals surface area contributed by atoms with Crippen LogP contribution in [0.2, 0.25) is 0 Å². The molecule has 3 rings (SSSR count). The maximum atomic E-state index is 9.43. The van der Waals surface area contributed by atoms with Gasteiger partial charge >= 0.3 is 0 Å². The van der Waals surface area contributed by atoms with Crippen LogP contribution in [0.15, 0.2) is 24.5 Å². The van der Waals surface area contributed by atoms with Gasteiger partial charge in [0.05, 0.1) is 17.8 Å². The highest BCUT2D eigenvalue weighted by Gasteiger charge is 2.21. The van der Waals surface area contributed by atoms with E-state index < -0.39 is 0 Å². The lowest BCUT2D eigenvalue weighted by Gasteiger charge is -2.32. The van der Waals surface area contributed by atoms with Gasteiger partial charge in [0, 0.05) is 43.7 Å². The second-order valence-electron chi connectivity index (χ2n) is 5.73. The third kappa shape index (κ3) is 2.05. The average molecular weight is 266 g/mol. The minimum atomic E-state index is 0.641. The van der Waals surface area contributed by atoms with Crippen molar-refractivity contribution in [3.8, 4) is 17.2 Å². The molecule has 0 aliphatic carbocycles. The van der Waals surface area contributed by atoms with Crippen LogP contribution in [0.5, 0.6) is 0 Å². The van der Waals surface area contributed by atoms with Crippen LogP contribution in [-0.2, 0) is 13.5 Å². The van der Waals surface area contributed by atoms with Gasteiger partial charge in [0.2, 0.25) is 0 Å². The first kappa shape index (κ1) is 12.7. The molecule has 0 saturated carbocycles. The van der Waals surface area contributed by atoms with E-state index in [0.29, 0.717) is 5.92 Å². The average Bonchev–Trinajstić information content (AvgIpc) is 2.84. The van der Waals surface area contributed by atoms with Crippen molar-refractivity contribution in [2.24, 2.45) is 13.0 Å². The van der Waals surface area contributed by atoms with Crippen molar-refractivity contribution in [1.82, 2.24) is 9.78 Å². The fraction of sp³-hybridized carbons (Fsp3) is 0.375. The van der Waals surface area contributed by atoms with Crippen LogP contribution >= 0.6 is 0 Å².